The molecule has 0 aliphatic heterocycles. The van der Waals surface area contributed by atoms with Crippen molar-refractivity contribution in [2.45, 2.75) is 6.54 Å². The number of hydrogen-bond acceptors (Lipinski definition) is 3. The first-order chi connectivity index (χ1) is 11.1. The maximum Gasteiger partial charge on any atom is 0.257 e. The van der Waals surface area contributed by atoms with Crippen LogP contribution >= 0.6 is 15.9 Å². The van der Waals surface area contributed by atoms with E-state index in [9.17, 15) is 9.90 Å². The zero-order chi connectivity index (χ0) is 16.4. The molecule has 3 rings (SSSR count). The number of rotatable bonds is 3. The van der Waals surface area contributed by atoms with Crippen LogP contribution in [-0.2, 0) is 6.54 Å². The highest BCUT2D eigenvalue weighted by Crippen LogP contribution is 2.28. The summed E-state index contributed by atoms with van der Waals surface area (Å²) >= 11 is 3.42. The van der Waals surface area contributed by atoms with Crippen molar-refractivity contribution in [1.29, 1.82) is 0 Å². The lowest BCUT2D eigenvalue weighted by Crippen LogP contribution is -2.26. The highest BCUT2D eigenvalue weighted by molar-refractivity contribution is 9.10. The molecule has 116 valence electrons. The fourth-order valence-electron chi connectivity index (χ4n) is 2.49. The molecule has 0 bridgehead atoms. The minimum absolute atomic E-state index is 0.0748. The van der Waals surface area contributed by atoms with E-state index < -0.39 is 0 Å². The Bertz CT molecular complexity index is 880. The molecule has 0 saturated heterocycles. The van der Waals surface area contributed by atoms with Crippen LogP contribution in [0.3, 0.4) is 0 Å². The molecule has 0 spiro atoms. The number of phenols is 1. The molecule has 3 aromatic rings. The molecule has 0 saturated carbocycles. The third-order valence-corrected chi connectivity index (χ3v) is 4.13. The molecule has 0 aliphatic carbocycles. The number of aromatic hydroxyl groups is 1. The molecule has 0 atom stereocenters. The Balaban J connectivity index is 1.89. The van der Waals surface area contributed by atoms with E-state index in [0.29, 0.717) is 12.1 Å². The summed E-state index contributed by atoms with van der Waals surface area (Å²) in [6, 6.07) is 14.9. The summed E-state index contributed by atoms with van der Waals surface area (Å²) in [4.78, 5) is 18.4. The lowest BCUT2D eigenvalue weighted by atomic mass is 10.1. The van der Waals surface area contributed by atoms with Gasteiger partial charge in [-0.2, -0.15) is 0 Å². The summed E-state index contributed by atoms with van der Waals surface area (Å²) in [6.45, 7) is 0.456. The lowest BCUT2D eigenvalue weighted by molar-refractivity contribution is 0.0782. The predicted molar refractivity (Wildman–Crippen MR) is 93.3 cm³/mol. The summed E-state index contributed by atoms with van der Waals surface area (Å²) < 4.78 is 0.966. The molecule has 5 heteroatoms. The van der Waals surface area contributed by atoms with Crippen molar-refractivity contribution in [1.82, 2.24) is 9.88 Å². The van der Waals surface area contributed by atoms with Crippen molar-refractivity contribution in [3.63, 3.8) is 0 Å². The van der Waals surface area contributed by atoms with E-state index in [2.05, 4.69) is 20.9 Å². The van der Waals surface area contributed by atoms with Gasteiger partial charge in [0, 0.05) is 29.6 Å². The summed E-state index contributed by atoms with van der Waals surface area (Å²) in [5.41, 5.74) is 1.71. The van der Waals surface area contributed by atoms with Gasteiger partial charge in [0.15, 0.2) is 5.75 Å². The number of nitrogens with zero attached hydrogens (tertiary/aromatic N) is 2. The van der Waals surface area contributed by atoms with Gasteiger partial charge in [0.25, 0.3) is 5.91 Å². The molecule has 0 unspecified atom stereocenters. The highest BCUT2D eigenvalue weighted by Gasteiger charge is 2.18. The number of halogens is 1. The van der Waals surface area contributed by atoms with Gasteiger partial charge in [0.2, 0.25) is 0 Å². The van der Waals surface area contributed by atoms with Crippen LogP contribution in [0, 0.1) is 0 Å². The fourth-order valence-corrected chi connectivity index (χ4v) is 2.94. The SMILES string of the molecule is CN(Cc1cccc(Br)c1)C(=O)c1ccc2cccnc2c1O. The maximum atomic E-state index is 12.6. The van der Waals surface area contributed by atoms with Crippen LogP contribution in [0.4, 0.5) is 0 Å². The predicted octanol–water partition coefficient (Wildman–Crippen LogP) is 3.98. The van der Waals surface area contributed by atoms with Crippen LogP contribution < -0.4 is 0 Å². The van der Waals surface area contributed by atoms with Crippen LogP contribution in [0.25, 0.3) is 10.9 Å². The number of pyridine rings is 1. The molecular formula is C18H15BrN2O2. The minimum Gasteiger partial charge on any atom is -0.505 e. The second kappa shape index (κ2) is 6.38. The van der Waals surface area contributed by atoms with Crippen molar-refractivity contribution in [2.75, 3.05) is 7.05 Å². The minimum atomic E-state index is -0.241. The topological polar surface area (TPSA) is 53.4 Å². The van der Waals surface area contributed by atoms with E-state index in [0.717, 1.165) is 15.4 Å². The van der Waals surface area contributed by atoms with Gasteiger partial charge in [-0.25, -0.2) is 0 Å². The Morgan fingerprint density at radius 1 is 1.22 bits per heavy atom. The summed E-state index contributed by atoms with van der Waals surface area (Å²) in [7, 11) is 1.71. The maximum absolute atomic E-state index is 12.6. The van der Waals surface area contributed by atoms with Gasteiger partial charge in [0.05, 0.1) is 5.56 Å². The molecule has 2 aromatic carbocycles. The molecule has 0 fully saturated rings. The molecule has 1 heterocycles. The summed E-state index contributed by atoms with van der Waals surface area (Å²) in [5.74, 6) is -0.316. The van der Waals surface area contributed by atoms with Crippen LogP contribution in [-0.4, -0.2) is 27.9 Å². The van der Waals surface area contributed by atoms with Crippen LogP contribution in [0.5, 0.6) is 5.75 Å². The molecule has 23 heavy (non-hydrogen) atoms. The summed E-state index contributed by atoms with van der Waals surface area (Å²) in [6.07, 6.45) is 1.60. The molecule has 0 aliphatic rings. The standard InChI is InChI=1S/C18H15BrN2O2/c1-21(11-12-4-2-6-14(19)10-12)18(23)15-8-7-13-5-3-9-20-16(13)17(15)22/h2-10,22H,11H2,1H3. The monoisotopic (exact) mass is 370 g/mol. The van der Waals surface area contributed by atoms with Crippen molar-refractivity contribution in [2.24, 2.45) is 0 Å². The largest absolute Gasteiger partial charge is 0.505 e. The van der Waals surface area contributed by atoms with Crippen molar-refractivity contribution in [3.8, 4) is 5.75 Å². The highest BCUT2D eigenvalue weighted by atomic mass is 79.9. The van der Waals surface area contributed by atoms with E-state index in [1.807, 2.05) is 30.3 Å². The van der Waals surface area contributed by atoms with Gasteiger partial charge >= 0.3 is 0 Å². The smallest absolute Gasteiger partial charge is 0.257 e. The second-order valence-corrected chi connectivity index (χ2v) is 6.24. The summed E-state index contributed by atoms with van der Waals surface area (Å²) in [5, 5.41) is 11.2. The van der Waals surface area contributed by atoms with E-state index >= 15 is 0 Å². The van der Waals surface area contributed by atoms with Gasteiger partial charge in [0.1, 0.15) is 5.52 Å². The average molecular weight is 371 g/mol. The Labute approximate surface area is 142 Å². The third-order valence-electron chi connectivity index (χ3n) is 3.63. The molecule has 4 nitrogen and oxygen atoms in total. The van der Waals surface area contributed by atoms with E-state index in [4.69, 9.17) is 0 Å². The number of carbonyl (C=O) groups excluding carboxylic acids is 1. The van der Waals surface area contributed by atoms with Gasteiger partial charge in [-0.1, -0.05) is 40.2 Å². The second-order valence-electron chi connectivity index (χ2n) is 5.33. The number of amides is 1. The molecule has 0 radical (unpaired) electrons. The fraction of sp³-hybridized carbons (Fsp3) is 0.111. The van der Waals surface area contributed by atoms with E-state index in [1.54, 1.807) is 36.3 Å². The Hall–Kier alpha value is -2.40. The van der Waals surface area contributed by atoms with Crippen molar-refractivity contribution in [3.05, 3.63) is 70.3 Å². The molecule has 1 aromatic heterocycles. The van der Waals surface area contributed by atoms with E-state index in [-0.39, 0.29) is 17.2 Å². The van der Waals surface area contributed by atoms with E-state index in [1.165, 1.54) is 0 Å². The molecule has 1 amide bonds. The average Bonchev–Trinajstić information content (AvgIpc) is 2.55. The zero-order valence-electron chi connectivity index (χ0n) is 12.5. The third kappa shape index (κ3) is 3.19. The number of hydrogen-bond donors (Lipinski definition) is 1. The zero-order valence-corrected chi connectivity index (χ0v) is 14.1. The quantitative estimate of drug-likeness (QED) is 0.758. The first-order valence-electron chi connectivity index (χ1n) is 7.13. The Morgan fingerprint density at radius 3 is 2.83 bits per heavy atom. The van der Waals surface area contributed by atoms with Gasteiger partial charge in [-0.15, -0.1) is 0 Å². The van der Waals surface area contributed by atoms with Gasteiger partial charge in [-0.3, -0.25) is 9.78 Å². The number of carbonyl (C=O) groups is 1. The van der Waals surface area contributed by atoms with Crippen LogP contribution in [0.15, 0.2) is 59.2 Å². The van der Waals surface area contributed by atoms with Crippen LogP contribution in [0.1, 0.15) is 15.9 Å². The van der Waals surface area contributed by atoms with Gasteiger partial charge < -0.3 is 10.0 Å². The first kappa shape index (κ1) is 15.5. The molecule has 1 N–H and O–H groups in total. The Morgan fingerprint density at radius 2 is 2.04 bits per heavy atom. The normalized spacial score (nSPS) is 10.7. The number of fused-ring (bicyclic) bond motifs is 1. The number of benzene rings is 2. The lowest BCUT2D eigenvalue weighted by Gasteiger charge is -2.18. The van der Waals surface area contributed by atoms with Crippen molar-refractivity contribution >= 4 is 32.7 Å². The first-order valence-corrected chi connectivity index (χ1v) is 7.92. The van der Waals surface area contributed by atoms with Crippen LogP contribution in [0.2, 0.25) is 0 Å². The van der Waals surface area contributed by atoms with Gasteiger partial charge in [-0.05, 0) is 29.8 Å². The number of aromatic nitrogens is 1. The molecular weight excluding hydrogens is 356 g/mol. The number of phenolic OH excluding ortho intramolecular Hbond substituents is 1. The van der Waals surface area contributed by atoms with Crippen molar-refractivity contribution < 1.29 is 9.90 Å². The Kier molecular flexibility index (Phi) is 4.30.